The second-order valence-electron chi connectivity index (χ2n) is 5.05. The van der Waals surface area contributed by atoms with Crippen LogP contribution in [0.2, 0.25) is 0 Å². The zero-order valence-corrected chi connectivity index (χ0v) is 11.9. The third kappa shape index (κ3) is 3.88. The van der Waals surface area contributed by atoms with Crippen molar-refractivity contribution in [3.8, 4) is 0 Å². The molecule has 2 rings (SSSR count). The van der Waals surface area contributed by atoms with Gasteiger partial charge in [-0.2, -0.15) is 0 Å². The summed E-state index contributed by atoms with van der Waals surface area (Å²) >= 11 is 0. The molecule has 2 aromatic rings. The van der Waals surface area contributed by atoms with Crippen molar-refractivity contribution in [2.24, 2.45) is 0 Å². The highest BCUT2D eigenvalue weighted by molar-refractivity contribution is 5.18. The van der Waals surface area contributed by atoms with E-state index in [2.05, 4.69) is 15.5 Å². The van der Waals surface area contributed by atoms with E-state index in [4.69, 9.17) is 4.42 Å². The largest absolute Gasteiger partial charge is 0.424 e. The van der Waals surface area contributed by atoms with Crippen molar-refractivity contribution < 1.29 is 9.52 Å². The monoisotopic (exact) mass is 275 g/mol. The Morgan fingerprint density at radius 3 is 2.55 bits per heavy atom. The molecule has 0 bridgehead atoms. The highest BCUT2D eigenvalue weighted by atomic mass is 16.4. The first-order chi connectivity index (χ1) is 9.70. The minimum Gasteiger partial charge on any atom is -0.424 e. The average Bonchev–Trinajstić information content (AvgIpc) is 2.93. The van der Waals surface area contributed by atoms with Crippen molar-refractivity contribution in [3.63, 3.8) is 0 Å². The molecule has 1 aromatic carbocycles. The molecule has 0 fully saturated rings. The standard InChI is InChI=1S/C15H21N3O2/c1-11(2)15-18-17-14(20-15)10-16-13(8-9-19)12-6-4-3-5-7-12/h3-7,11,13,16,19H,8-10H2,1-2H3. The van der Waals surface area contributed by atoms with Crippen LogP contribution < -0.4 is 5.32 Å². The highest BCUT2D eigenvalue weighted by Gasteiger charge is 2.13. The molecule has 0 saturated carbocycles. The van der Waals surface area contributed by atoms with Gasteiger partial charge in [-0.1, -0.05) is 44.2 Å². The van der Waals surface area contributed by atoms with E-state index in [1.165, 1.54) is 0 Å². The van der Waals surface area contributed by atoms with Gasteiger partial charge in [-0.15, -0.1) is 10.2 Å². The molecule has 20 heavy (non-hydrogen) atoms. The Kier molecular flexibility index (Phi) is 5.26. The average molecular weight is 275 g/mol. The molecule has 5 nitrogen and oxygen atoms in total. The third-order valence-electron chi connectivity index (χ3n) is 3.10. The summed E-state index contributed by atoms with van der Waals surface area (Å²) in [6, 6.07) is 10.1. The zero-order chi connectivity index (χ0) is 14.4. The molecule has 0 aliphatic rings. The van der Waals surface area contributed by atoms with Crippen molar-refractivity contribution in [2.75, 3.05) is 6.61 Å². The molecular formula is C15H21N3O2. The van der Waals surface area contributed by atoms with E-state index in [9.17, 15) is 5.11 Å². The molecule has 5 heteroatoms. The molecule has 1 heterocycles. The summed E-state index contributed by atoms with van der Waals surface area (Å²) < 4.78 is 5.56. The molecule has 0 aliphatic carbocycles. The molecule has 1 unspecified atom stereocenters. The second kappa shape index (κ2) is 7.17. The van der Waals surface area contributed by atoms with E-state index in [0.717, 1.165) is 5.56 Å². The maximum absolute atomic E-state index is 9.18. The van der Waals surface area contributed by atoms with Crippen molar-refractivity contribution >= 4 is 0 Å². The maximum atomic E-state index is 9.18. The van der Waals surface area contributed by atoms with Gasteiger partial charge in [0.2, 0.25) is 11.8 Å². The van der Waals surface area contributed by atoms with Gasteiger partial charge in [-0.25, -0.2) is 0 Å². The van der Waals surface area contributed by atoms with E-state index in [0.29, 0.717) is 24.7 Å². The molecule has 0 spiro atoms. The van der Waals surface area contributed by atoms with E-state index in [-0.39, 0.29) is 18.6 Å². The number of hydrogen-bond donors (Lipinski definition) is 2. The SMILES string of the molecule is CC(C)c1nnc(CNC(CCO)c2ccccc2)o1. The summed E-state index contributed by atoms with van der Waals surface area (Å²) in [5.74, 6) is 1.46. The molecule has 1 atom stereocenters. The van der Waals surface area contributed by atoms with Gasteiger partial charge in [0.25, 0.3) is 0 Å². The predicted molar refractivity (Wildman–Crippen MR) is 76.1 cm³/mol. The van der Waals surface area contributed by atoms with Gasteiger partial charge in [-0.3, -0.25) is 0 Å². The Hall–Kier alpha value is -1.72. The van der Waals surface area contributed by atoms with Crippen LogP contribution in [0, 0.1) is 0 Å². The van der Waals surface area contributed by atoms with Crippen molar-refractivity contribution in [1.82, 2.24) is 15.5 Å². The van der Waals surface area contributed by atoms with Gasteiger partial charge in [0, 0.05) is 18.6 Å². The Balaban J connectivity index is 1.98. The topological polar surface area (TPSA) is 71.2 Å². The summed E-state index contributed by atoms with van der Waals surface area (Å²) in [5.41, 5.74) is 1.14. The van der Waals surface area contributed by atoms with Gasteiger partial charge < -0.3 is 14.8 Å². The lowest BCUT2D eigenvalue weighted by Crippen LogP contribution is -2.22. The van der Waals surface area contributed by atoms with Crippen LogP contribution in [0.4, 0.5) is 0 Å². The summed E-state index contributed by atoms with van der Waals surface area (Å²) in [7, 11) is 0. The van der Waals surface area contributed by atoms with Crippen LogP contribution in [0.25, 0.3) is 0 Å². The lowest BCUT2D eigenvalue weighted by atomic mass is 10.0. The van der Waals surface area contributed by atoms with E-state index >= 15 is 0 Å². The minimum absolute atomic E-state index is 0.0793. The fourth-order valence-electron chi connectivity index (χ4n) is 1.98. The number of nitrogens with one attached hydrogen (secondary N) is 1. The fourth-order valence-corrected chi connectivity index (χ4v) is 1.98. The number of benzene rings is 1. The third-order valence-corrected chi connectivity index (χ3v) is 3.10. The first-order valence-electron chi connectivity index (χ1n) is 6.92. The fraction of sp³-hybridized carbons (Fsp3) is 0.467. The first-order valence-corrected chi connectivity index (χ1v) is 6.92. The van der Waals surface area contributed by atoms with Crippen LogP contribution in [0.5, 0.6) is 0 Å². The smallest absolute Gasteiger partial charge is 0.230 e. The summed E-state index contributed by atoms with van der Waals surface area (Å²) in [6.07, 6.45) is 0.648. The van der Waals surface area contributed by atoms with E-state index in [1.807, 2.05) is 44.2 Å². The molecular weight excluding hydrogens is 254 g/mol. The number of rotatable bonds is 7. The van der Waals surface area contributed by atoms with Gasteiger partial charge in [0.05, 0.1) is 6.54 Å². The molecule has 0 aliphatic heterocycles. The predicted octanol–water partition coefficient (Wildman–Crippen LogP) is 2.41. The van der Waals surface area contributed by atoms with Crippen LogP contribution in [0.3, 0.4) is 0 Å². The van der Waals surface area contributed by atoms with Crippen molar-refractivity contribution in [1.29, 1.82) is 0 Å². The van der Waals surface area contributed by atoms with Crippen LogP contribution >= 0.6 is 0 Å². The van der Waals surface area contributed by atoms with E-state index < -0.39 is 0 Å². The second-order valence-corrected chi connectivity index (χ2v) is 5.05. The van der Waals surface area contributed by atoms with Crippen LogP contribution in [-0.4, -0.2) is 21.9 Å². The summed E-state index contributed by atoms with van der Waals surface area (Å²) in [6.45, 7) is 4.67. The number of hydrogen-bond acceptors (Lipinski definition) is 5. The number of aliphatic hydroxyl groups excluding tert-OH is 1. The van der Waals surface area contributed by atoms with Gasteiger partial charge in [0.15, 0.2) is 0 Å². The van der Waals surface area contributed by atoms with Crippen LogP contribution in [0.1, 0.15) is 49.6 Å². The normalized spacial score (nSPS) is 12.8. The Morgan fingerprint density at radius 2 is 1.95 bits per heavy atom. The quantitative estimate of drug-likeness (QED) is 0.812. The number of nitrogens with zero attached hydrogens (tertiary/aromatic N) is 2. The molecule has 0 amide bonds. The molecule has 2 N–H and O–H groups in total. The Labute approximate surface area is 119 Å². The highest BCUT2D eigenvalue weighted by Crippen LogP contribution is 2.17. The summed E-state index contributed by atoms with van der Waals surface area (Å²) in [4.78, 5) is 0. The van der Waals surface area contributed by atoms with Crippen LogP contribution in [-0.2, 0) is 6.54 Å². The van der Waals surface area contributed by atoms with Gasteiger partial charge in [0.1, 0.15) is 0 Å². The number of aliphatic hydroxyl groups is 1. The minimum atomic E-state index is 0.0793. The Bertz CT molecular complexity index is 511. The van der Waals surface area contributed by atoms with Crippen molar-refractivity contribution in [3.05, 3.63) is 47.7 Å². The molecule has 108 valence electrons. The van der Waals surface area contributed by atoms with Crippen molar-refractivity contribution in [2.45, 2.75) is 38.8 Å². The lowest BCUT2D eigenvalue weighted by Gasteiger charge is -2.17. The molecule has 0 radical (unpaired) electrons. The van der Waals surface area contributed by atoms with E-state index in [1.54, 1.807) is 0 Å². The van der Waals surface area contributed by atoms with Gasteiger partial charge in [-0.05, 0) is 12.0 Å². The zero-order valence-electron chi connectivity index (χ0n) is 11.9. The Morgan fingerprint density at radius 1 is 1.20 bits per heavy atom. The van der Waals surface area contributed by atoms with Crippen LogP contribution in [0.15, 0.2) is 34.7 Å². The molecule has 0 saturated heterocycles. The molecule has 1 aromatic heterocycles. The van der Waals surface area contributed by atoms with Gasteiger partial charge >= 0.3 is 0 Å². The summed E-state index contributed by atoms with van der Waals surface area (Å²) in [5, 5.41) is 20.6. The number of aromatic nitrogens is 2. The lowest BCUT2D eigenvalue weighted by molar-refractivity contribution is 0.262. The first kappa shape index (κ1) is 14.7. The maximum Gasteiger partial charge on any atom is 0.230 e.